The standard InChI is InChI=1S/C21H20N6O3/c1-29-18-11-14(7-8-23-18)17-12-16(19-20(22)25-13-26-27(17)19)21(28)24-9-10-30-15-5-3-2-4-6-15/h2-8,11-13H,9-10H2,1H3,(H,24,28)(H2,22,25,26). The third-order valence-corrected chi connectivity index (χ3v) is 4.47. The van der Waals surface area contributed by atoms with E-state index in [0.717, 1.165) is 11.3 Å². The molecule has 4 aromatic rings. The third kappa shape index (κ3) is 3.86. The number of anilines is 1. The summed E-state index contributed by atoms with van der Waals surface area (Å²) in [7, 11) is 1.54. The topological polar surface area (TPSA) is 117 Å². The Morgan fingerprint density at radius 1 is 1.17 bits per heavy atom. The fourth-order valence-electron chi connectivity index (χ4n) is 3.07. The maximum atomic E-state index is 12.9. The molecule has 1 aromatic carbocycles. The summed E-state index contributed by atoms with van der Waals surface area (Å²) in [4.78, 5) is 21.0. The Balaban J connectivity index is 1.58. The summed E-state index contributed by atoms with van der Waals surface area (Å²) in [6.45, 7) is 0.666. The number of carbonyl (C=O) groups is 1. The molecule has 9 heteroatoms. The van der Waals surface area contributed by atoms with Crippen molar-refractivity contribution in [1.29, 1.82) is 0 Å². The van der Waals surface area contributed by atoms with Crippen LogP contribution >= 0.6 is 0 Å². The van der Waals surface area contributed by atoms with Gasteiger partial charge in [0.2, 0.25) is 5.88 Å². The van der Waals surface area contributed by atoms with E-state index in [9.17, 15) is 4.79 Å². The molecule has 152 valence electrons. The van der Waals surface area contributed by atoms with E-state index in [-0.39, 0.29) is 11.7 Å². The highest BCUT2D eigenvalue weighted by molar-refractivity contribution is 6.05. The molecule has 0 aliphatic rings. The minimum atomic E-state index is -0.294. The SMILES string of the molecule is COc1cc(-c2cc(C(=O)NCCOc3ccccc3)c3c(N)ncnn23)ccn1. The minimum absolute atomic E-state index is 0.211. The summed E-state index contributed by atoms with van der Waals surface area (Å²) in [6, 6.07) is 14.7. The molecule has 3 N–H and O–H groups in total. The number of ether oxygens (including phenoxy) is 2. The Morgan fingerprint density at radius 2 is 2.00 bits per heavy atom. The number of nitrogens with one attached hydrogen (secondary N) is 1. The number of fused-ring (bicyclic) bond motifs is 1. The van der Waals surface area contributed by atoms with Crippen LogP contribution in [0.4, 0.5) is 5.82 Å². The van der Waals surface area contributed by atoms with Crippen molar-refractivity contribution in [3.05, 3.63) is 66.6 Å². The molecule has 0 aliphatic carbocycles. The van der Waals surface area contributed by atoms with Crippen LogP contribution in [-0.4, -0.2) is 45.8 Å². The highest BCUT2D eigenvalue weighted by Crippen LogP contribution is 2.29. The van der Waals surface area contributed by atoms with E-state index in [1.807, 2.05) is 30.3 Å². The normalized spacial score (nSPS) is 10.7. The fraction of sp³-hybridized carbons (Fsp3) is 0.143. The molecule has 1 amide bonds. The lowest BCUT2D eigenvalue weighted by molar-refractivity contribution is 0.0948. The Labute approximate surface area is 172 Å². The molecule has 0 unspecified atom stereocenters. The van der Waals surface area contributed by atoms with Gasteiger partial charge in [-0.1, -0.05) is 18.2 Å². The number of para-hydroxylation sites is 1. The maximum Gasteiger partial charge on any atom is 0.253 e. The number of hydrogen-bond acceptors (Lipinski definition) is 7. The van der Waals surface area contributed by atoms with Crippen molar-refractivity contribution in [2.75, 3.05) is 26.0 Å². The van der Waals surface area contributed by atoms with Crippen LogP contribution in [0.3, 0.4) is 0 Å². The van der Waals surface area contributed by atoms with Gasteiger partial charge in [-0.15, -0.1) is 0 Å². The van der Waals surface area contributed by atoms with E-state index in [1.54, 1.807) is 36.0 Å². The summed E-state index contributed by atoms with van der Waals surface area (Å²) in [5, 5.41) is 7.12. The van der Waals surface area contributed by atoms with Crippen molar-refractivity contribution < 1.29 is 14.3 Å². The third-order valence-electron chi connectivity index (χ3n) is 4.47. The van der Waals surface area contributed by atoms with Crippen LogP contribution in [-0.2, 0) is 0 Å². The lowest BCUT2D eigenvalue weighted by atomic mass is 10.1. The smallest absolute Gasteiger partial charge is 0.253 e. The van der Waals surface area contributed by atoms with Gasteiger partial charge in [0, 0.05) is 17.8 Å². The Hall–Kier alpha value is -4.14. The van der Waals surface area contributed by atoms with Crippen molar-refractivity contribution in [2.24, 2.45) is 0 Å². The first-order valence-electron chi connectivity index (χ1n) is 9.26. The number of carbonyl (C=O) groups excluding carboxylic acids is 1. The molecular formula is C21H20N6O3. The van der Waals surface area contributed by atoms with Gasteiger partial charge in [-0.05, 0) is 24.3 Å². The lowest BCUT2D eigenvalue weighted by Gasteiger charge is -2.07. The summed E-state index contributed by atoms with van der Waals surface area (Å²) in [6.07, 6.45) is 2.97. The van der Waals surface area contributed by atoms with Crippen molar-refractivity contribution in [3.63, 3.8) is 0 Å². The summed E-state index contributed by atoms with van der Waals surface area (Å²) < 4.78 is 12.4. The first-order valence-corrected chi connectivity index (χ1v) is 9.26. The predicted octanol–water partition coefficient (Wildman–Crippen LogP) is 2.19. The fourth-order valence-corrected chi connectivity index (χ4v) is 3.07. The molecule has 0 bridgehead atoms. The van der Waals surface area contributed by atoms with E-state index in [2.05, 4.69) is 20.4 Å². The largest absolute Gasteiger partial charge is 0.492 e. The number of nitrogens with two attached hydrogens (primary N) is 1. The van der Waals surface area contributed by atoms with Crippen molar-refractivity contribution >= 4 is 17.2 Å². The molecule has 0 saturated heterocycles. The number of methoxy groups -OCH3 is 1. The molecule has 3 aromatic heterocycles. The van der Waals surface area contributed by atoms with Gasteiger partial charge in [0.25, 0.3) is 5.91 Å². The van der Waals surface area contributed by atoms with E-state index in [0.29, 0.717) is 35.8 Å². The molecule has 0 aliphatic heterocycles. The van der Waals surface area contributed by atoms with Gasteiger partial charge in [0.05, 0.1) is 24.9 Å². The van der Waals surface area contributed by atoms with Crippen LogP contribution in [0.25, 0.3) is 16.8 Å². The second kappa shape index (κ2) is 8.48. The van der Waals surface area contributed by atoms with Crippen LogP contribution in [0.2, 0.25) is 0 Å². The van der Waals surface area contributed by atoms with Crippen LogP contribution in [0.5, 0.6) is 11.6 Å². The monoisotopic (exact) mass is 404 g/mol. The number of amides is 1. The quantitative estimate of drug-likeness (QED) is 0.454. The van der Waals surface area contributed by atoms with Gasteiger partial charge in [-0.2, -0.15) is 5.10 Å². The molecule has 0 saturated carbocycles. The molecule has 3 heterocycles. The average molecular weight is 404 g/mol. The highest BCUT2D eigenvalue weighted by atomic mass is 16.5. The van der Waals surface area contributed by atoms with Crippen LogP contribution < -0.4 is 20.5 Å². The van der Waals surface area contributed by atoms with Gasteiger partial charge in [0.1, 0.15) is 24.2 Å². The zero-order chi connectivity index (χ0) is 20.9. The Morgan fingerprint density at radius 3 is 2.80 bits per heavy atom. The number of nitrogen functional groups attached to an aromatic ring is 1. The second-order valence-electron chi connectivity index (χ2n) is 6.35. The van der Waals surface area contributed by atoms with Gasteiger partial charge in [-0.3, -0.25) is 4.79 Å². The van der Waals surface area contributed by atoms with Gasteiger partial charge in [-0.25, -0.2) is 14.5 Å². The van der Waals surface area contributed by atoms with Crippen LogP contribution in [0.15, 0.2) is 61.1 Å². The van der Waals surface area contributed by atoms with E-state index in [1.165, 1.54) is 6.33 Å². The predicted molar refractivity (Wildman–Crippen MR) is 111 cm³/mol. The molecule has 4 rings (SSSR count). The maximum absolute atomic E-state index is 12.9. The van der Waals surface area contributed by atoms with E-state index < -0.39 is 0 Å². The first-order chi connectivity index (χ1) is 14.7. The number of benzene rings is 1. The molecule has 0 fully saturated rings. The number of rotatable bonds is 7. The molecule has 30 heavy (non-hydrogen) atoms. The Kier molecular flexibility index (Phi) is 5.42. The number of aromatic nitrogens is 4. The molecule has 0 spiro atoms. The zero-order valence-corrected chi connectivity index (χ0v) is 16.3. The molecule has 0 radical (unpaired) electrons. The number of hydrogen-bond donors (Lipinski definition) is 2. The number of nitrogens with zero attached hydrogens (tertiary/aromatic N) is 4. The van der Waals surface area contributed by atoms with E-state index in [4.69, 9.17) is 15.2 Å². The summed E-state index contributed by atoms with van der Waals surface area (Å²) in [5.41, 5.74) is 8.32. The molecule has 0 atom stereocenters. The van der Waals surface area contributed by atoms with E-state index >= 15 is 0 Å². The zero-order valence-electron chi connectivity index (χ0n) is 16.3. The van der Waals surface area contributed by atoms with Crippen LogP contribution in [0, 0.1) is 0 Å². The summed E-state index contributed by atoms with van der Waals surface area (Å²) in [5.74, 6) is 1.11. The van der Waals surface area contributed by atoms with Gasteiger partial charge in [0.15, 0.2) is 5.82 Å². The number of pyridine rings is 1. The summed E-state index contributed by atoms with van der Waals surface area (Å²) >= 11 is 0. The van der Waals surface area contributed by atoms with Gasteiger partial charge >= 0.3 is 0 Å². The average Bonchev–Trinajstić information content (AvgIpc) is 3.18. The minimum Gasteiger partial charge on any atom is -0.492 e. The molecular weight excluding hydrogens is 384 g/mol. The van der Waals surface area contributed by atoms with Crippen molar-refractivity contribution in [2.45, 2.75) is 0 Å². The van der Waals surface area contributed by atoms with Crippen molar-refractivity contribution in [1.82, 2.24) is 24.9 Å². The first kappa shape index (κ1) is 19.2. The van der Waals surface area contributed by atoms with Gasteiger partial charge < -0.3 is 20.5 Å². The Bertz CT molecular complexity index is 1180. The molecule has 9 nitrogen and oxygen atoms in total. The lowest BCUT2D eigenvalue weighted by Crippen LogP contribution is -2.28. The van der Waals surface area contributed by atoms with Crippen LogP contribution in [0.1, 0.15) is 10.4 Å². The highest BCUT2D eigenvalue weighted by Gasteiger charge is 2.20. The van der Waals surface area contributed by atoms with Crippen molar-refractivity contribution in [3.8, 4) is 22.9 Å². The second-order valence-corrected chi connectivity index (χ2v) is 6.35.